The van der Waals surface area contributed by atoms with Crippen LogP contribution in [0.4, 0.5) is 0 Å². The third-order valence-electron chi connectivity index (χ3n) is 4.29. The van der Waals surface area contributed by atoms with Gasteiger partial charge in [0.15, 0.2) is 11.5 Å². The van der Waals surface area contributed by atoms with Crippen LogP contribution in [-0.4, -0.2) is 31.8 Å². The monoisotopic (exact) mass is 412 g/mol. The van der Waals surface area contributed by atoms with Crippen LogP contribution in [0.2, 0.25) is 0 Å². The van der Waals surface area contributed by atoms with Crippen molar-refractivity contribution < 1.29 is 33.0 Å². The Hall–Kier alpha value is -3.48. The molecular weight excluding hydrogens is 388 g/mol. The molecule has 0 bridgehead atoms. The van der Waals surface area contributed by atoms with E-state index in [9.17, 15) is 9.59 Å². The summed E-state index contributed by atoms with van der Waals surface area (Å²) in [6, 6.07) is 12.0. The zero-order valence-corrected chi connectivity index (χ0v) is 17.2. The molecule has 1 aromatic heterocycles. The predicted molar refractivity (Wildman–Crippen MR) is 110 cm³/mol. The van der Waals surface area contributed by atoms with E-state index in [4.69, 9.17) is 23.4 Å². The molecule has 158 valence electrons. The molecule has 0 aliphatic rings. The number of furan rings is 1. The van der Waals surface area contributed by atoms with Crippen molar-refractivity contribution >= 4 is 22.9 Å². The minimum Gasteiger partial charge on any atom is -0.490 e. The fourth-order valence-corrected chi connectivity index (χ4v) is 3.00. The van der Waals surface area contributed by atoms with Gasteiger partial charge in [0.25, 0.3) is 0 Å². The van der Waals surface area contributed by atoms with Gasteiger partial charge >= 0.3 is 11.9 Å². The number of para-hydroxylation sites is 1. The predicted octanol–water partition coefficient (Wildman–Crippen LogP) is 4.76. The molecule has 0 N–H and O–H groups in total. The van der Waals surface area contributed by atoms with Crippen molar-refractivity contribution in [1.29, 1.82) is 0 Å². The van der Waals surface area contributed by atoms with Gasteiger partial charge in [-0.15, -0.1) is 0 Å². The molecule has 30 heavy (non-hydrogen) atoms. The lowest BCUT2D eigenvalue weighted by molar-refractivity contribution is 0.0435. The summed E-state index contributed by atoms with van der Waals surface area (Å²) in [7, 11) is 0. The first-order chi connectivity index (χ1) is 14.6. The highest BCUT2D eigenvalue weighted by atomic mass is 16.5. The highest BCUT2D eigenvalue weighted by Gasteiger charge is 2.23. The van der Waals surface area contributed by atoms with E-state index in [1.165, 1.54) is 0 Å². The van der Waals surface area contributed by atoms with Crippen molar-refractivity contribution in [2.45, 2.75) is 27.4 Å². The summed E-state index contributed by atoms with van der Waals surface area (Å²) < 4.78 is 27.3. The van der Waals surface area contributed by atoms with Gasteiger partial charge in [0.2, 0.25) is 5.76 Å². The number of carbonyl (C=O) groups excluding carboxylic acids is 2. The van der Waals surface area contributed by atoms with Gasteiger partial charge in [0.05, 0.1) is 30.9 Å². The van der Waals surface area contributed by atoms with E-state index in [1.54, 1.807) is 43.3 Å². The number of hydrogen-bond donors (Lipinski definition) is 0. The second-order valence-corrected chi connectivity index (χ2v) is 6.23. The zero-order chi connectivity index (χ0) is 21.5. The van der Waals surface area contributed by atoms with E-state index in [2.05, 4.69) is 0 Å². The van der Waals surface area contributed by atoms with Crippen LogP contribution in [0.25, 0.3) is 11.0 Å². The number of hydrogen-bond acceptors (Lipinski definition) is 7. The van der Waals surface area contributed by atoms with Crippen molar-refractivity contribution in [3.63, 3.8) is 0 Å². The van der Waals surface area contributed by atoms with Gasteiger partial charge in [-0.05, 0) is 45.0 Å². The summed E-state index contributed by atoms with van der Waals surface area (Å²) in [6.07, 6.45) is 0. The minimum absolute atomic E-state index is 0.0348. The van der Waals surface area contributed by atoms with E-state index in [1.807, 2.05) is 19.9 Å². The summed E-state index contributed by atoms with van der Waals surface area (Å²) in [4.78, 5) is 24.9. The van der Waals surface area contributed by atoms with Gasteiger partial charge in [-0.3, -0.25) is 0 Å². The van der Waals surface area contributed by atoms with Gasteiger partial charge in [-0.25, -0.2) is 9.59 Å². The first-order valence-corrected chi connectivity index (χ1v) is 9.83. The van der Waals surface area contributed by atoms with Crippen LogP contribution in [0.3, 0.4) is 0 Å². The normalized spacial score (nSPS) is 10.6. The van der Waals surface area contributed by atoms with Crippen LogP contribution in [0, 0.1) is 0 Å². The maximum atomic E-state index is 12.6. The van der Waals surface area contributed by atoms with Crippen molar-refractivity contribution in [2.24, 2.45) is 0 Å². The lowest BCUT2D eigenvalue weighted by atomic mass is 10.1. The van der Waals surface area contributed by atoms with Gasteiger partial charge in [-0.1, -0.05) is 18.2 Å². The number of carbonyl (C=O) groups is 2. The Morgan fingerprint density at radius 1 is 0.833 bits per heavy atom. The van der Waals surface area contributed by atoms with Crippen molar-refractivity contribution in [3.8, 4) is 11.5 Å². The smallest absolute Gasteiger partial charge is 0.374 e. The van der Waals surface area contributed by atoms with Crippen LogP contribution in [-0.2, 0) is 16.1 Å². The van der Waals surface area contributed by atoms with E-state index >= 15 is 0 Å². The Balaban J connectivity index is 1.84. The molecule has 1 heterocycles. The molecule has 3 rings (SSSR count). The van der Waals surface area contributed by atoms with Crippen LogP contribution >= 0.6 is 0 Å². The highest BCUT2D eigenvalue weighted by Crippen LogP contribution is 2.30. The van der Waals surface area contributed by atoms with Gasteiger partial charge in [0.1, 0.15) is 12.2 Å². The van der Waals surface area contributed by atoms with Crippen LogP contribution in [0.1, 0.15) is 47.2 Å². The van der Waals surface area contributed by atoms with Crippen molar-refractivity contribution in [2.75, 3.05) is 19.8 Å². The number of benzene rings is 2. The quantitative estimate of drug-likeness (QED) is 0.468. The van der Waals surface area contributed by atoms with Gasteiger partial charge < -0.3 is 23.4 Å². The molecule has 7 heteroatoms. The van der Waals surface area contributed by atoms with E-state index < -0.39 is 11.9 Å². The Morgan fingerprint density at radius 2 is 1.57 bits per heavy atom. The largest absolute Gasteiger partial charge is 0.490 e. The molecule has 3 aromatic rings. The molecule has 0 fully saturated rings. The molecule has 0 amide bonds. The fourth-order valence-electron chi connectivity index (χ4n) is 3.00. The summed E-state index contributed by atoms with van der Waals surface area (Å²) in [6.45, 7) is 6.41. The molecule has 0 saturated heterocycles. The van der Waals surface area contributed by atoms with E-state index in [0.717, 1.165) is 0 Å². The molecular formula is C23H24O7. The maximum Gasteiger partial charge on any atom is 0.374 e. The second-order valence-electron chi connectivity index (χ2n) is 6.23. The third kappa shape index (κ3) is 4.56. The molecule has 7 nitrogen and oxygen atoms in total. The first-order valence-electron chi connectivity index (χ1n) is 9.83. The van der Waals surface area contributed by atoms with E-state index in [-0.39, 0.29) is 19.0 Å². The molecule has 0 spiro atoms. The number of esters is 2. The average molecular weight is 412 g/mol. The lowest BCUT2D eigenvalue weighted by Gasteiger charge is -2.12. The third-order valence-corrected chi connectivity index (χ3v) is 4.29. The topological polar surface area (TPSA) is 84.2 Å². The summed E-state index contributed by atoms with van der Waals surface area (Å²) in [5.74, 6) is -0.0952. The molecule has 0 aliphatic carbocycles. The molecule has 2 aromatic carbocycles. The number of rotatable bonds is 9. The number of ether oxygens (including phenoxy) is 4. The zero-order valence-electron chi connectivity index (χ0n) is 17.2. The molecule has 0 atom stereocenters. The Kier molecular flexibility index (Phi) is 6.95. The lowest BCUT2D eigenvalue weighted by Crippen LogP contribution is -2.10. The first kappa shape index (κ1) is 21.2. The van der Waals surface area contributed by atoms with Crippen LogP contribution < -0.4 is 9.47 Å². The molecule has 0 saturated carbocycles. The van der Waals surface area contributed by atoms with E-state index in [0.29, 0.717) is 46.8 Å². The highest BCUT2D eigenvalue weighted by molar-refractivity contribution is 5.96. The average Bonchev–Trinajstić information content (AvgIpc) is 3.12. The van der Waals surface area contributed by atoms with Crippen molar-refractivity contribution in [3.05, 3.63) is 59.4 Å². The Morgan fingerprint density at radius 3 is 2.30 bits per heavy atom. The molecule has 0 unspecified atom stereocenters. The SMILES string of the molecule is CCOC(=O)c1oc2ccccc2c1COC(=O)c1ccc(OCC)c(OCC)c1. The van der Waals surface area contributed by atoms with Crippen LogP contribution in [0.15, 0.2) is 46.9 Å². The standard InChI is InChI=1S/C23H24O7/c1-4-26-19-12-11-15(13-20(19)27-5-2)22(24)29-14-17-16-9-7-8-10-18(16)30-21(17)23(25)28-6-3/h7-13H,4-6,14H2,1-3H3. The Labute approximate surface area is 174 Å². The summed E-state index contributed by atoms with van der Waals surface area (Å²) in [5.41, 5.74) is 1.30. The Bertz CT molecular complexity index is 1040. The molecule has 0 radical (unpaired) electrons. The number of fused-ring (bicyclic) bond motifs is 1. The molecule has 0 aliphatic heterocycles. The minimum atomic E-state index is -0.598. The summed E-state index contributed by atoms with van der Waals surface area (Å²) in [5, 5.41) is 0.690. The maximum absolute atomic E-state index is 12.6. The summed E-state index contributed by atoms with van der Waals surface area (Å²) >= 11 is 0. The van der Waals surface area contributed by atoms with Gasteiger partial charge in [-0.2, -0.15) is 0 Å². The van der Waals surface area contributed by atoms with Gasteiger partial charge in [0, 0.05) is 5.39 Å². The second kappa shape index (κ2) is 9.82. The van der Waals surface area contributed by atoms with Crippen molar-refractivity contribution in [1.82, 2.24) is 0 Å². The van der Waals surface area contributed by atoms with Crippen LogP contribution in [0.5, 0.6) is 11.5 Å². The fraction of sp³-hybridized carbons (Fsp3) is 0.304.